The van der Waals surface area contributed by atoms with Gasteiger partial charge < -0.3 is 13.8 Å². The predicted octanol–water partition coefficient (Wildman–Crippen LogP) is 4.26. The third-order valence-electron chi connectivity index (χ3n) is 4.09. The Labute approximate surface area is 156 Å². The molecule has 25 heavy (non-hydrogen) atoms. The van der Waals surface area contributed by atoms with Crippen molar-refractivity contribution in [2.75, 3.05) is 6.54 Å². The topological polar surface area (TPSA) is 72.4 Å². The molecule has 3 aromatic rings. The van der Waals surface area contributed by atoms with Gasteiger partial charge >= 0.3 is 0 Å². The van der Waals surface area contributed by atoms with Crippen molar-refractivity contribution in [3.8, 4) is 11.7 Å². The maximum atomic E-state index is 12.3. The zero-order chi connectivity index (χ0) is 17.4. The van der Waals surface area contributed by atoms with E-state index in [0.29, 0.717) is 46.7 Å². The molecular formula is C17H13BrClN3O3. The Balaban J connectivity index is 1.47. The number of benzene rings is 1. The summed E-state index contributed by atoms with van der Waals surface area (Å²) in [6.45, 7) is 1.10. The van der Waals surface area contributed by atoms with Crippen LogP contribution in [0.3, 0.4) is 0 Å². The van der Waals surface area contributed by atoms with Crippen LogP contribution < -0.4 is 0 Å². The minimum absolute atomic E-state index is 0.0760. The van der Waals surface area contributed by atoms with E-state index in [0.717, 1.165) is 5.56 Å². The first-order chi connectivity index (χ1) is 12.1. The van der Waals surface area contributed by atoms with Crippen molar-refractivity contribution in [2.45, 2.75) is 18.9 Å². The van der Waals surface area contributed by atoms with E-state index in [1.165, 1.54) is 0 Å². The fraction of sp³-hybridized carbons (Fsp3) is 0.235. The molecule has 8 heteroatoms. The highest BCUT2D eigenvalue weighted by Gasteiger charge is 2.34. The Hall–Kier alpha value is -2.12. The lowest BCUT2D eigenvalue weighted by Gasteiger charge is -2.16. The molecule has 0 radical (unpaired) electrons. The van der Waals surface area contributed by atoms with E-state index in [-0.39, 0.29) is 11.8 Å². The molecule has 0 saturated carbocycles. The second-order valence-corrected chi connectivity index (χ2v) is 7.08. The number of aromatic nitrogens is 2. The molecule has 1 aliphatic rings. The van der Waals surface area contributed by atoms with Crippen molar-refractivity contribution in [1.82, 2.24) is 15.0 Å². The molecule has 0 spiro atoms. The Morgan fingerprint density at radius 1 is 1.24 bits per heavy atom. The third kappa shape index (κ3) is 3.48. The van der Waals surface area contributed by atoms with Gasteiger partial charge in [0.25, 0.3) is 5.89 Å². The second kappa shape index (κ2) is 6.65. The largest absolute Gasteiger partial charge is 0.444 e. The van der Waals surface area contributed by atoms with Crippen LogP contribution in [-0.4, -0.2) is 27.5 Å². The zero-order valence-corrected chi connectivity index (χ0v) is 15.3. The van der Waals surface area contributed by atoms with Crippen LogP contribution in [0.1, 0.15) is 23.7 Å². The van der Waals surface area contributed by atoms with Gasteiger partial charge in [0, 0.05) is 30.5 Å². The quantitative estimate of drug-likeness (QED) is 0.628. The van der Waals surface area contributed by atoms with Crippen molar-refractivity contribution in [2.24, 2.45) is 0 Å². The Bertz CT molecular complexity index is 906. The van der Waals surface area contributed by atoms with Gasteiger partial charge in [-0.05, 0) is 45.8 Å². The van der Waals surface area contributed by atoms with E-state index in [1.54, 1.807) is 17.0 Å². The van der Waals surface area contributed by atoms with Gasteiger partial charge in [-0.3, -0.25) is 4.79 Å². The summed E-state index contributed by atoms with van der Waals surface area (Å²) in [6.07, 6.45) is 0.369. The number of amides is 1. The summed E-state index contributed by atoms with van der Waals surface area (Å²) < 4.78 is 11.3. The van der Waals surface area contributed by atoms with Gasteiger partial charge in [-0.1, -0.05) is 28.9 Å². The van der Waals surface area contributed by atoms with E-state index >= 15 is 0 Å². The van der Waals surface area contributed by atoms with Crippen LogP contribution in [-0.2, 0) is 11.3 Å². The molecule has 4 rings (SSSR count). The fourth-order valence-corrected chi connectivity index (χ4v) is 3.27. The molecule has 1 fully saturated rings. The summed E-state index contributed by atoms with van der Waals surface area (Å²) in [5.41, 5.74) is 1.03. The van der Waals surface area contributed by atoms with Crippen LogP contribution in [0, 0.1) is 0 Å². The van der Waals surface area contributed by atoms with Crippen LogP contribution in [0.15, 0.2) is 50.0 Å². The average Bonchev–Trinajstić information content (AvgIpc) is 3.30. The summed E-state index contributed by atoms with van der Waals surface area (Å²) in [7, 11) is 0. The van der Waals surface area contributed by atoms with E-state index < -0.39 is 0 Å². The number of nitrogens with zero attached hydrogens (tertiary/aromatic N) is 3. The minimum Gasteiger partial charge on any atom is -0.444 e. The fourth-order valence-electron chi connectivity index (χ4n) is 2.84. The summed E-state index contributed by atoms with van der Waals surface area (Å²) in [5, 5.41) is 4.69. The molecule has 1 aliphatic heterocycles. The van der Waals surface area contributed by atoms with Gasteiger partial charge in [0.1, 0.15) is 0 Å². The summed E-state index contributed by atoms with van der Waals surface area (Å²) in [6, 6.07) is 11.0. The van der Waals surface area contributed by atoms with Crippen LogP contribution in [0.5, 0.6) is 0 Å². The molecule has 1 unspecified atom stereocenters. The van der Waals surface area contributed by atoms with Crippen molar-refractivity contribution < 1.29 is 13.7 Å². The van der Waals surface area contributed by atoms with Crippen LogP contribution in [0.2, 0.25) is 5.02 Å². The first-order valence-electron chi connectivity index (χ1n) is 7.70. The maximum Gasteiger partial charge on any atom is 0.293 e. The number of hydrogen-bond donors (Lipinski definition) is 0. The predicted molar refractivity (Wildman–Crippen MR) is 93.9 cm³/mol. The van der Waals surface area contributed by atoms with Crippen molar-refractivity contribution >= 4 is 33.4 Å². The van der Waals surface area contributed by atoms with Gasteiger partial charge in [0.05, 0.1) is 0 Å². The van der Waals surface area contributed by atoms with E-state index in [1.807, 2.05) is 24.3 Å². The zero-order valence-electron chi connectivity index (χ0n) is 13.0. The highest BCUT2D eigenvalue weighted by molar-refractivity contribution is 9.10. The van der Waals surface area contributed by atoms with Crippen LogP contribution in [0.25, 0.3) is 11.7 Å². The minimum atomic E-state index is -0.0873. The first kappa shape index (κ1) is 16.4. The normalized spacial score (nSPS) is 17.4. The summed E-state index contributed by atoms with van der Waals surface area (Å²) >= 11 is 9.13. The maximum absolute atomic E-state index is 12.3. The van der Waals surface area contributed by atoms with Crippen LogP contribution in [0.4, 0.5) is 0 Å². The Morgan fingerprint density at radius 2 is 2.04 bits per heavy atom. The molecule has 0 bridgehead atoms. The van der Waals surface area contributed by atoms with Crippen molar-refractivity contribution in [3.63, 3.8) is 0 Å². The highest BCUT2D eigenvalue weighted by Crippen LogP contribution is 2.30. The third-order valence-corrected chi connectivity index (χ3v) is 4.77. The molecule has 1 amide bonds. The van der Waals surface area contributed by atoms with Crippen molar-refractivity contribution in [1.29, 1.82) is 0 Å². The van der Waals surface area contributed by atoms with Gasteiger partial charge in [0.15, 0.2) is 16.3 Å². The van der Waals surface area contributed by atoms with Crippen molar-refractivity contribution in [3.05, 3.63) is 57.5 Å². The first-order valence-corrected chi connectivity index (χ1v) is 8.87. The van der Waals surface area contributed by atoms with Gasteiger partial charge in [-0.25, -0.2) is 0 Å². The number of rotatable bonds is 4. The lowest BCUT2D eigenvalue weighted by molar-refractivity contribution is -0.128. The van der Waals surface area contributed by atoms with E-state index in [4.69, 9.17) is 20.5 Å². The molecule has 1 aromatic carbocycles. The number of likely N-dealkylation sites (tertiary alicyclic amines) is 1. The molecule has 128 valence electrons. The molecule has 1 atom stereocenters. The molecular weight excluding hydrogens is 410 g/mol. The summed E-state index contributed by atoms with van der Waals surface area (Å²) in [5.74, 6) is 1.31. The number of hydrogen-bond acceptors (Lipinski definition) is 5. The summed E-state index contributed by atoms with van der Waals surface area (Å²) in [4.78, 5) is 18.5. The van der Waals surface area contributed by atoms with Gasteiger partial charge in [0.2, 0.25) is 5.91 Å². The Morgan fingerprint density at radius 3 is 2.76 bits per heavy atom. The average molecular weight is 423 g/mol. The van der Waals surface area contributed by atoms with E-state index in [9.17, 15) is 4.79 Å². The number of furan rings is 1. The SMILES string of the molecule is O=C1CC(c2noc(-c3ccc(Br)o3)n2)CN1Cc1ccc(Cl)cc1. The molecule has 1 saturated heterocycles. The lowest BCUT2D eigenvalue weighted by Crippen LogP contribution is -2.24. The smallest absolute Gasteiger partial charge is 0.293 e. The monoisotopic (exact) mass is 421 g/mol. The molecule has 3 heterocycles. The Kier molecular flexibility index (Phi) is 4.35. The second-order valence-electron chi connectivity index (χ2n) is 5.86. The number of halogens is 2. The lowest BCUT2D eigenvalue weighted by atomic mass is 10.1. The standard InChI is InChI=1S/C17H13BrClN3O3/c18-14-6-5-13(24-14)17-20-16(21-25-17)11-7-15(23)22(9-11)8-10-1-3-12(19)4-2-10/h1-6,11H,7-9H2. The highest BCUT2D eigenvalue weighted by atomic mass is 79.9. The molecule has 2 aromatic heterocycles. The van der Waals surface area contributed by atoms with E-state index in [2.05, 4.69) is 26.1 Å². The molecule has 0 aliphatic carbocycles. The number of carbonyl (C=O) groups is 1. The molecule has 6 nitrogen and oxygen atoms in total. The van der Waals surface area contributed by atoms with Gasteiger partial charge in [-0.15, -0.1) is 0 Å². The van der Waals surface area contributed by atoms with Gasteiger partial charge in [-0.2, -0.15) is 4.98 Å². The van der Waals surface area contributed by atoms with Crippen LogP contribution >= 0.6 is 27.5 Å². The molecule has 0 N–H and O–H groups in total. The number of carbonyl (C=O) groups excluding carboxylic acids is 1.